The molecule has 0 spiro atoms. The molecule has 76 valence electrons. The van der Waals surface area contributed by atoms with Crippen molar-refractivity contribution in [2.45, 2.75) is 0 Å². The van der Waals surface area contributed by atoms with E-state index in [-0.39, 0.29) is 0 Å². The van der Waals surface area contributed by atoms with Crippen LogP contribution >= 0.6 is 11.6 Å². The van der Waals surface area contributed by atoms with E-state index in [1.807, 2.05) is 30.3 Å². The van der Waals surface area contributed by atoms with E-state index < -0.39 is 0 Å². The van der Waals surface area contributed by atoms with E-state index in [1.165, 1.54) is 13.3 Å². The quantitative estimate of drug-likeness (QED) is 0.781. The van der Waals surface area contributed by atoms with Gasteiger partial charge in [0, 0.05) is 5.56 Å². The summed E-state index contributed by atoms with van der Waals surface area (Å²) in [6.07, 6.45) is 1.54. The molecule has 0 atom stereocenters. The van der Waals surface area contributed by atoms with Crippen molar-refractivity contribution in [3.63, 3.8) is 0 Å². The normalized spacial score (nSPS) is 10.0. The van der Waals surface area contributed by atoms with Crippen LogP contribution in [0.1, 0.15) is 0 Å². The molecule has 0 N–H and O–H groups in total. The summed E-state index contributed by atoms with van der Waals surface area (Å²) in [5, 5.41) is 0.414. The third-order valence-electron chi connectivity index (χ3n) is 1.94. The zero-order valence-electron chi connectivity index (χ0n) is 8.14. The number of benzene rings is 1. The van der Waals surface area contributed by atoms with Gasteiger partial charge in [-0.3, -0.25) is 0 Å². The first-order valence-electron chi connectivity index (χ1n) is 4.43. The number of hydrogen-bond donors (Lipinski definition) is 0. The zero-order chi connectivity index (χ0) is 10.7. The van der Waals surface area contributed by atoms with Crippen LogP contribution in [0.5, 0.6) is 5.88 Å². The molecule has 2 rings (SSSR count). The molecule has 15 heavy (non-hydrogen) atoms. The highest BCUT2D eigenvalue weighted by atomic mass is 35.5. The fourth-order valence-corrected chi connectivity index (χ4v) is 1.39. The first kappa shape index (κ1) is 9.93. The van der Waals surface area contributed by atoms with E-state index in [9.17, 15) is 0 Å². The van der Waals surface area contributed by atoms with Gasteiger partial charge in [0.05, 0.1) is 13.3 Å². The van der Waals surface area contributed by atoms with E-state index >= 15 is 0 Å². The van der Waals surface area contributed by atoms with Crippen molar-refractivity contribution in [2.75, 3.05) is 7.11 Å². The highest BCUT2D eigenvalue weighted by Gasteiger charge is 2.06. The van der Waals surface area contributed by atoms with Gasteiger partial charge in [-0.05, 0) is 0 Å². The predicted octanol–water partition coefficient (Wildman–Crippen LogP) is 2.81. The van der Waals surface area contributed by atoms with Crippen LogP contribution in [-0.4, -0.2) is 17.1 Å². The van der Waals surface area contributed by atoms with Crippen LogP contribution in [0.25, 0.3) is 11.4 Å². The molecule has 1 heterocycles. The Morgan fingerprint density at radius 2 is 1.93 bits per heavy atom. The van der Waals surface area contributed by atoms with Gasteiger partial charge in [-0.15, -0.1) is 0 Å². The van der Waals surface area contributed by atoms with Crippen LogP contribution in [0, 0.1) is 0 Å². The molecule has 0 fully saturated rings. The maximum atomic E-state index is 5.83. The summed E-state index contributed by atoms with van der Waals surface area (Å²) in [4.78, 5) is 8.33. The highest BCUT2D eigenvalue weighted by molar-refractivity contribution is 6.31. The largest absolute Gasteiger partial charge is 0.480 e. The molecule has 0 unspecified atom stereocenters. The van der Waals surface area contributed by atoms with Crippen LogP contribution in [0.2, 0.25) is 5.02 Å². The second kappa shape index (κ2) is 4.28. The monoisotopic (exact) mass is 220 g/mol. The summed E-state index contributed by atoms with van der Waals surface area (Å²) in [5.74, 6) is 1.00. The molecular formula is C11H9ClN2O. The van der Waals surface area contributed by atoms with Crippen LogP contribution in [0.3, 0.4) is 0 Å². The average molecular weight is 221 g/mol. The van der Waals surface area contributed by atoms with Gasteiger partial charge in [0.25, 0.3) is 0 Å². The highest BCUT2D eigenvalue weighted by Crippen LogP contribution is 2.23. The van der Waals surface area contributed by atoms with Crippen LogP contribution in [-0.2, 0) is 0 Å². The van der Waals surface area contributed by atoms with Crippen molar-refractivity contribution in [3.8, 4) is 17.3 Å². The van der Waals surface area contributed by atoms with Crippen molar-refractivity contribution in [1.29, 1.82) is 0 Å². The Morgan fingerprint density at radius 3 is 2.60 bits per heavy atom. The van der Waals surface area contributed by atoms with E-state index in [1.54, 1.807) is 0 Å². The molecule has 0 bridgehead atoms. The summed E-state index contributed by atoms with van der Waals surface area (Å²) in [6, 6.07) is 9.67. The van der Waals surface area contributed by atoms with Crippen molar-refractivity contribution >= 4 is 11.6 Å². The maximum absolute atomic E-state index is 5.83. The molecule has 0 aliphatic heterocycles. The number of ether oxygens (including phenoxy) is 1. The second-order valence-electron chi connectivity index (χ2n) is 2.92. The van der Waals surface area contributed by atoms with Gasteiger partial charge in [-0.25, -0.2) is 4.98 Å². The van der Waals surface area contributed by atoms with E-state index in [4.69, 9.17) is 16.3 Å². The minimum Gasteiger partial charge on any atom is -0.480 e. The molecule has 1 aromatic carbocycles. The van der Waals surface area contributed by atoms with Crippen molar-refractivity contribution in [2.24, 2.45) is 0 Å². The number of halogens is 1. The van der Waals surface area contributed by atoms with Crippen molar-refractivity contribution in [3.05, 3.63) is 41.6 Å². The number of aromatic nitrogens is 2. The van der Waals surface area contributed by atoms with Crippen LogP contribution in [0.4, 0.5) is 0 Å². The molecule has 2 aromatic rings. The minimum absolute atomic E-state index is 0.394. The van der Waals surface area contributed by atoms with Gasteiger partial charge in [-0.2, -0.15) is 4.98 Å². The van der Waals surface area contributed by atoms with E-state index in [0.29, 0.717) is 16.7 Å². The molecular weight excluding hydrogens is 212 g/mol. The van der Waals surface area contributed by atoms with Gasteiger partial charge >= 0.3 is 0 Å². The molecule has 0 saturated heterocycles. The Bertz CT molecular complexity index is 459. The van der Waals surface area contributed by atoms with E-state index in [0.717, 1.165) is 5.56 Å². The summed E-state index contributed by atoms with van der Waals surface area (Å²) in [5.41, 5.74) is 0.937. The maximum Gasteiger partial charge on any atom is 0.235 e. The van der Waals surface area contributed by atoms with Crippen LogP contribution in [0.15, 0.2) is 36.5 Å². The molecule has 0 radical (unpaired) electrons. The molecule has 0 saturated carbocycles. The Labute approximate surface area is 92.7 Å². The first-order chi connectivity index (χ1) is 7.31. The smallest absolute Gasteiger partial charge is 0.235 e. The fourth-order valence-electron chi connectivity index (χ4n) is 1.22. The molecule has 0 aliphatic carbocycles. The van der Waals surface area contributed by atoms with Gasteiger partial charge in [0.1, 0.15) is 5.02 Å². The Hall–Kier alpha value is -1.61. The summed E-state index contributed by atoms with van der Waals surface area (Å²) in [7, 11) is 1.53. The number of rotatable bonds is 2. The third kappa shape index (κ3) is 2.07. The standard InChI is InChI=1S/C11H9ClN2O/c1-15-11-9(12)7-13-10(14-11)8-5-3-2-4-6-8/h2-7H,1H3. The molecule has 0 amide bonds. The second-order valence-corrected chi connectivity index (χ2v) is 3.32. The fraction of sp³-hybridized carbons (Fsp3) is 0.0909. The number of nitrogens with zero attached hydrogens (tertiary/aromatic N) is 2. The first-order valence-corrected chi connectivity index (χ1v) is 4.81. The Morgan fingerprint density at radius 1 is 1.20 bits per heavy atom. The van der Waals surface area contributed by atoms with Gasteiger partial charge < -0.3 is 4.74 Å². The SMILES string of the molecule is COc1nc(-c2ccccc2)ncc1Cl. The lowest BCUT2D eigenvalue weighted by Gasteiger charge is -2.03. The van der Waals surface area contributed by atoms with Crippen molar-refractivity contribution in [1.82, 2.24) is 9.97 Å². The number of methoxy groups -OCH3 is 1. The Balaban J connectivity index is 2.46. The van der Waals surface area contributed by atoms with Gasteiger partial charge in [0.15, 0.2) is 5.82 Å². The zero-order valence-corrected chi connectivity index (χ0v) is 8.90. The van der Waals surface area contributed by atoms with Gasteiger partial charge in [0.2, 0.25) is 5.88 Å². The third-order valence-corrected chi connectivity index (χ3v) is 2.20. The minimum atomic E-state index is 0.394. The average Bonchev–Trinajstić information content (AvgIpc) is 2.31. The van der Waals surface area contributed by atoms with Crippen molar-refractivity contribution < 1.29 is 4.74 Å². The molecule has 3 nitrogen and oxygen atoms in total. The predicted molar refractivity (Wildman–Crippen MR) is 59.0 cm³/mol. The lowest BCUT2D eigenvalue weighted by Crippen LogP contribution is -1.94. The Kier molecular flexibility index (Phi) is 2.83. The lowest BCUT2D eigenvalue weighted by atomic mass is 10.2. The van der Waals surface area contributed by atoms with Gasteiger partial charge in [-0.1, -0.05) is 41.9 Å². The molecule has 1 aromatic heterocycles. The molecule has 4 heteroatoms. The summed E-state index contributed by atoms with van der Waals surface area (Å²) in [6.45, 7) is 0. The lowest BCUT2D eigenvalue weighted by molar-refractivity contribution is 0.397. The summed E-state index contributed by atoms with van der Waals surface area (Å²) < 4.78 is 5.02. The number of hydrogen-bond acceptors (Lipinski definition) is 3. The molecule has 0 aliphatic rings. The van der Waals surface area contributed by atoms with E-state index in [2.05, 4.69) is 9.97 Å². The van der Waals surface area contributed by atoms with Crippen LogP contribution < -0.4 is 4.74 Å². The summed E-state index contributed by atoms with van der Waals surface area (Å²) >= 11 is 5.83. The topological polar surface area (TPSA) is 35.0 Å².